The molecule has 108 valence electrons. The molecule has 0 aliphatic carbocycles. The van der Waals surface area contributed by atoms with Gasteiger partial charge in [0.05, 0.1) is 18.3 Å². The molecule has 5 nitrogen and oxygen atoms in total. The number of amides is 2. The Hall–Kier alpha value is -1.75. The van der Waals surface area contributed by atoms with E-state index < -0.39 is 0 Å². The van der Waals surface area contributed by atoms with Crippen molar-refractivity contribution in [2.45, 2.75) is 32.0 Å². The molecule has 0 bridgehead atoms. The van der Waals surface area contributed by atoms with Gasteiger partial charge in [-0.05, 0) is 31.9 Å². The number of nitrogens with one attached hydrogen (secondary N) is 1. The van der Waals surface area contributed by atoms with Crippen molar-refractivity contribution in [1.82, 2.24) is 5.32 Å². The van der Waals surface area contributed by atoms with Crippen LogP contribution in [-0.4, -0.2) is 37.9 Å². The summed E-state index contributed by atoms with van der Waals surface area (Å²) in [4.78, 5) is 14.1. The first-order valence-electron chi connectivity index (χ1n) is 7.16. The summed E-state index contributed by atoms with van der Waals surface area (Å²) in [5.41, 5.74) is 0.829. The van der Waals surface area contributed by atoms with Gasteiger partial charge in [-0.3, -0.25) is 4.90 Å². The third kappa shape index (κ3) is 2.72. The average molecular weight is 276 g/mol. The van der Waals surface area contributed by atoms with Gasteiger partial charge in [0.2, 0.25) is 0 Å². The summed E-state index contributed by atoms with van der Waals surface area (Å²) in [7, 11) is 0. The first-order valence-corrected chi connectivity index (χ1v) is 7.16. The topological polar surface area (TPSA) is 50.8 Å². The van der Waals surface area contributed by atoms with Crippen LogP contribution in [0.25, 0.3) is 0 Å². The van der Waals surface area contributed by atoms with Crippen LogP contribution in [-0.2, 0) is 4.74 Å². The van der Waals surface area contributed by atoms with Gasteiger partial charge < -0.3 is 14.8 Å². The first kappa shape index (κ1) is 13.2. The predicted molar refractivity (Wildman–Crippen MR) is 76.3 cm³/mol. The summed E-state index contributed by atoms with van der Waals surface area (Å²) in [6.45, 7) is 3.91. The number of hydrogen-bond acceptors (Lipinski definition) is 3. The van der Waals surface area contributed by atoms with E-state index in [4.69, 9.17) is 9.47 Å². The van der Waals surface area contributed by atoms with Gasteiger partial charge in [-0.15, -0.1) is 0 Å². The monoisotopic (exact) mass is 276 g/mol. The van der Waals surface area contributed by atoms with Crippen LogP contribution in [0.3, 0.4) is 0 Å². The third-order valence-corrected chi connectivity index (χ3v) is 3.67. The number of benzene rings is 1. The molecule has 2 atom stereocenters. The Balaban J connectivity index is 1.67. The molecule has 2 amide bonds. The number of urea groups is 1. The average Bonchev–Trinajstić information content (AvgIpc) is 2.97. The van der Waals surface area contributed by atoms with Gasteiger partial charge in [0, 0.05) is 13.2 Å². The summed E-state index contributed by atoms with van der Waals surface area (Å²) in [5, 5.41) is 2.96. The lowest BCUT2D eigenvalue weighted by Gasteiger charge is -2.33. The molecule has 3 rings (SSSR count). The van der Waals surface area contributed by atoms with E-state index in [2.05, 4.69) is 5.32 Å². The van der Waals surface area contributed by atoms with Crippen molar-refractivity contribution in [2.75, 3.05) is 24.6 Å². The number of rotatable bonds is 2. The summed E-state index contributed by atoms with van der Waals surface area (Å²) in [5.74, 6) is 0.763. The SMILES string of the molecule is C[C@@H]1CN(C(=O)NC[C@H]2CCCO2)c2ccccc2O1. The lowest BCUT2D eigenvalue weighted by molar-refractivity contribution is 0.111. The standard InChI is InChI=1S/C15H20N2O3/c1-11-10-17(13-6-2-3-7-14(13)20-11)15(18)16-9-12-5-4-8-19-12/h2-3,6-7,11-12H,4-5,8-10H2,1H3,(H,16,18)/t11-,12-/m1/s1. The Labute approximate surface area is 118 Å². The molecule has 1 saturated heterocycles. The predicted octanol–water partition coefficient (Wildman–Crippen LogP) is 2.16. The molecule has 1 fully saturated rings. The van der Waals surface area contributed by atoms with E-state index in [1.165, 1.54) is 0 Å². The van der Waals surface area contributed by atoms with E-state index in [0.29, 0.717) is 13.1 Å². The summed E-state index contributed by atoms with van der Waals surface area (Å²) in [6, 6.07) is 7.55. The molecule has 2 heterocycles. The van der Waals surface area contributed by atoms with Gasteiger partial charge in [0.15, 0.2) is 0 Å². The van der Waals surface area contributed by atoms with E-state index >= 15 is 0 Å². The molecule has 2 aliphatic rings. The largest absolute Gasteiger partial charge is 0.487 e. The number of para-hydroxylation sites is 2. The molecular weight excluding hydrogens is 256 g/mol. The minimum atomic E-state index is -0.0805. The lowest BCUT2D eigenvalue weighted by atomic mass is 10.2. The van der Waals surface area contributed by atoms with Crippen LogP contribution in [0, 0.1) is 0 Å². The van der Waals surface area contributed by atoms with Crippen molar-refractivity contribution in [3.05, 3.63) is 24.3 Å². The Kier molecular flexibility index (Phi) is 3.78. The summed E-state index contributed by atoms with van der Waals surface area (Å²) in [6.07, 6.45) is 2.26. The molecule has 0 spiro atoms. The Morgan fingerprint density at radius 3 is 3.10 bits per heavy atom. The molecular formula is C15H20N2O3. The Morgan fingerprint density at radius 2 is 2.30 bits per heavy atom. The van der Waals surface area contributed by atoms with E-state index in [0.717, 1.165) is 30.9 Å². The quantitative estimate of drug-likeness (QED) is 0.900. The second-order valence-corrected chi connectivity index (χ2v) is 5.33. The maximum atomic E-state index is 12.4. The number of anilines is 1. The van der Waals surface area contributed by atoms with Crippen LogP contribution in [0.5, 0.6) is 5.75 Å². The first-order chi connectivity index (χ1) is 9.74. The van der Waals surface area contributed by atoms with Crippen LogP contribution in [0.1, 0.15) is 19.8 Å². The number of carbonyl (C=O) groups is 1. The van der Waals surface area contributed by atoms with E-state index in [1.54, 1.807) is 4.90 Å². The lowest BCUT2D eigenvalue weighted by Crippen LogP contribution is -2.48. The van der Waals surface area contributed by atoms with Gasteiger partial charge in [-0.25, -0.2) is 4.79 Å². The molecule has 0 aromatic heterocycles. The molecule has 0 saturated carbocycles. The minimum Gasteiger partial charge on any atom is -0.487 e. The zero-order valence-corrected chi connectivity index (χ0v) is 11.7. The zero-order valence-electron chi connectivity index (χ0n) is 11.7. The van der Waals surface area contributed by atoms with Gasteiger partial charge in [0.1, 0.15) is 11.9 Å². The summed E-state index contributed by atoms with van der Waals surface area (Å²) < 4.78 is 11.3. The molecule has 1 aromatic rings. The van der Waals surface area contributed by atoms with E-state index in [1.807, 2.05) is 31.2 Å². The number of fused-ring (bicyclic) bond motifs is 1. The van der Waals surface area contributed by atoms with E-state index in [-0.39, 0.29) is 18.2 Å². The fourth-order valence-corrected chi connectivity index (χ4v) is 2.68. The highest BCUT2D eigenvalue weighted by atomic mass is 16.5. The number of hydrogen-bond donors (Lipinski definition) is 1. The fourth-order valence-electron chi connectivity index (χ4n) is 2.68. The molecule has 1 N–H and O–H groups in total. The van der Waals surface area contributed by atoms with Gasteiger partial charge in [-0.2, -0.15) is 0 Å². The highest BCUT2D eigenvalue weighted by molar-refractivity contribution is 5.94. The molecule has 5 heteroatoms. The van der Waals surface area contributed by atoms with Crippen LogP contribution in [0.2, 0.25) is 0 Å². The van der Waals surface area contributed by atoms with Gasteiger partial charge in [0.25, 0.3) is 0 Å². The second kappa shape index (κ2) is 5.71. The number of ether oxygens (including phenoxy) is 2. The van der Waals surface area contributed by atoms with Crippen LogP contribution in [0.15, 0.2) is 24.3 Å². The van der Waals surface area contributed by atoms with Crippen molar-refractivity contribution in [2.24, 2.45) is 0 Å². The van der Waals surface area contributed by atoms with Crippen LogP contribution >= 0.6 is 0 Å². The molecule has 1 aromatic carbocycles. The number of carbonyl (C=O) groups excluding carboxylic acids is 1. The normalized spacial score (nSPS) is 24.9. The molecule has 20 heavy (non-hydrogen) atoms. The van der Waals surface area contributed by atoms with Crippen molar-refractivity contribution in [3.8, 4) is 5.75 Å². The van der Waals surface area contributed by atoms with Crippen molar-refractivity contribution in [3.63, 3.8) is 0 Å². The van der Waals surface area contributed by atoms with Gasteiger partial charge >= 0.3 is 6.03 Å². The Bertz CT molecular complexity index is 486. The van der Waals surface area contributed by atoms with Crippen molar-refractivity contribution >= 4 is 11.7 Å². The molecule has 0 unspecified atom stereocenters. The smallest absolute Gasteiger partial charge is 0.322 e. The molecule has 0 radical (unpaired) electrons. The highest BCUT2D eigenvalue weighted by Crippen LogP contribution is 2.32. The number of nitrogens with zero attached hydrogens (tertiary/aromatic N) is 1. The maximum absolute atomic E-state index is 12.4. The van der Waals surface area contributed by atoms with Gasteiger partial charge in [-0.1, -0.05) is 12.1 Å². The van der Waals surface area contributed by atoms with Crippen molar-refractivity contribution in [1.29, 1.82) is 0 Å². The molecule has 2 aliphatic heterocycles. The second-order valence-electron chi connectivity index (χ2n) is 5.33. The fraction of sp³-hybridized carbons (Fsp3) is 0.533. The highest BCUT2D eigenvalue weighted by Gasteiger charge is 2.27. The van der Waals surface area contributed by atoms with Crippen LogP contribution in [0.4, 0.5) is 10.5 Å². The zero-order chi connectivity index (χ0) is 13.9. The van der Waals surface area contributed by atoms with E-state index in [9.17, 15) is 4.79 Å². The third-order valence-electron chi connectivity index (χ3n) is 3.67. The summed E-state index contributed by atoms with van der Waals surface area (Å²) >= 11 is 0. The Morgan fingerprint density at radius 1 is 1.45 bits per heavy atom. The minimum absolute atomic E-state index is 0.00150. The van der Waals surface area contributed by atoms with Crippen LogP contribution < -0.4 is 15.0 Å². The maximum Gasteiger partial charge on any atom is 0.322 e. The van der Waals surface area contributed by atoms with Crippen molar-refractivity contribution < 1.29 is 14.3 Å².